The standard InChI is InChI=1S/C11H6ClF2N/c12-8-5-10(11(14)15-6-8)7-2-1-3-9(13)4-7/h1-6H. The average molecular weight is 226 g/mol. The van der Waals surface area contributed by atoms with Crippen molar-refractivity contribution < 1.29 is 8.78 Å². The van der Waals surface area contributed by atoms with Crippen LogP contribution in [-0.2, 0) is 0 Å². The van der Waals surface area contributed by atoms with E-state index in [0.717, 1.165) is 0 Å². The van der Waals surface area contributed by atoms with E-state index in [1.54, 1.807) is 6.07 Å². The van der Waals surface area contributed by atoms with Crippen LogP contribution >= 0.6 is 11.6 Å². The van der Waals surface area contributed by atoms with Crippen LogP contribution in [0.2, 0.25) is 5.02 Å². The third-order valence-electron chi connectivity index (χ3n) is 1.94. The molecule has 15 heavy (non-hydrogen) atoms. The van der Waals surface area contributed by atoms with Gasteiger partial charge in [0.1, 0.15) is 5.82 Å². The highest BCUT2D eigenvalue weighted by atomic mass is 35.5. The summed E-state index contributed by atoms with van der Waals surface area (Å²) in [4.78, 5) is 3.46. The van der Waals surface area contributed by atoms with E-state index in [4.69, 9.17) is 11.6 Å². The van der Waals surface area contributed by atoms with Crippen molar-refractivity contribution in [3.63, 3.8) is 0 Å². The molecule has 1 nitrogen and oxygen atoms in total. The molecule has 4 heteroatoms. The number of aromatic nitrogens is 1. The zero-order chi connectivity index (χ0) is 10.8. The van der Waals surface area contributed by atoms with E-state index in [0.29, 0.717) is 10.6 Å². The van der Waals surface area contributed by atoms with Gasteiger partial charge < -0.3 is 0 Å². The summed E-state index contributed by atoms with van der Waals surface area (Å²) < 4.78 is 26.2. The quantitative estimate of drug-likeness (QED) is 0.675. The Morgan fingerprint density at radius 3 is 2.67 bits per heavy atom. The van der Waals surface area contributed by atoms with Gasteiger partial charge in [-0.05, 0) is 23.8 Å². The van der Waals surface area contributed by atoms with Crippen molar-refractivity contribution in [3.8, 4) is 11.1 Å². The molecule has 2 aromatic rings. The van der Waals surface area contributed by atoms with E-state index in [-0.39, 0.29) is 5.56 Å². The maximum absolute atomic E-state index is 13.3. The van der Waals surface area contributed by atoms with Gasteiger partial charge in [-0.2, -0.15) is 4.39 Å². The lowest BCUT2D eigenvalue weighted by atomic mass is 10.1. The van der Waals surface area contributed by atoms with Crippen molar-refractivity contribution in [2.24, 2.45) is 0 Å². The highest BCUT2D eigenvalue weighted by Gasteiger charge is 2.07. The van der Waals surface area contributed by atoms with Crippen LogP contribution in [-0.4, -0.2) is 4.98 Å². The van der Waals surface area contributed by atoms with Crippen LogP contribution in [0, 0.1) is 11.8 Å². The topological polar surface area (TPSA) is 12.9 Å². The summed E-state index contributed by atoms with van der Waals surface area (Å²) >= 11 is 5.68. The summed E-state index contributed by atoms with van der Waals surface area (Å²) in [5.74, 6) is -1.09. The molecule has 76 valence electrons. The summed E-state index contributed by atoms with van der Waals surface area (Å²) in [6, 6.07) is 7.04. The molecular formula is C11H6ClF2N. The Kier molecular flexibility index (Phi) is 2.64. The predicted octanol–water partition coefficient (Wildman–Crippen LogP) is 3.68. The molecule has 0 amide bonds. The number of halogens is 3. The number of hydrogen-bond acceptors (Lipinski definition) is 1. The Hall–Kier alpha value is -1.48. The lowest BCUT2D eigenvalue weighted by Gasteiger charge is -2.02. The van der Waals surface area contributed by atoms with Crippen LogP contribution in [0.15, 0.2) is 36.5 Å². The molecule has 0 N–H and O–H groups in total. The monoisotopic (exact) mass is 225 g/mol. The van der Waals surface area contributed by atoms with Crippen LogP contribution in [0.4, 0.5) is 8.78 Å². The second-order valence-corrected chi connectivity index (χ2v) is 3.44. The van der Waals surface area contributed by atoms with E-state index >= 15 is 0 Å². The van der Waals surface area contributed by atoms with Gasteiger partial charge in [0, 0.05) is 11.8 Å². The molecule has 0 saturated heterocycles. The first-order chi connectivity index (χ1) is 7.16. The van der Waals surface area contributed by atoms with Gasteiger partial charge in [-0.15, -0.1) is 0 Å². The van der Waals surface area contributed by atoms with Gasteiger partial charge in [-0.25, -0.2) is 9.37 Å². The van der Waals surface area contributed by atoms with Gasteiger partial charge in [-0.1, -0.05) is 23.7 Å². The van der Waals surface area contributed by atoms with Gasteiger partial charge in [0.15, 0.2) is 0 Å². The highest BCUT2D eigenvalue weighted by Crippen LogP contribution is 2.24. The molecule has 0 aliphatic carbocycles. The lowest BCUT2D eigenvalue weighted by Crippen LogP contribution is -1.89. The highest BCUT2D eigenvalue weighted by molar-refractivity contribution is 6.30. The van der Waals surface area contributed by atoms with Crippen LogP contribution in [0.5, 0.6) is 0 Å². The van der Waals surface area contributed by atoms with Crippen molar-refractivity contribution in [1.82, 2.24) is 4.98 Å². The second kappa shape index (κ2) is 3.95. The number of benzene rings is 1. The molecule has 0 radical (unpaired) electrons. The summed E-state index contributed by atoms with van der Waals surface area (Å²) in [6.45, 7) is 0. The first kappa shape index (κ1) is 10.1. The molecule has 0 spiro atoms. The largest absolute Gasteiger partial charge is 0.226 e. The van der Waals surface area contributed by atoms with E-state index in [1.807, 2.05) is 0 Å². The van der Waals surface area contributed by atoms with Gasteiger partial charge in [0.2, 0.25) is 5.95 Å². The van der Waals surface area contributed by atoms with Crippen molar-refractivity contribution in [2.45, 2.75) is 0 Å². The van der Waals surface area contributed by atoms with Crippen LogP contribution in [0.25, 0.3) is 11.1 Å². The number of nitrogens with zero attached hydrogens (tertiary/aromatic N) is 1. The van der Waals surface area contributed by atoms with Gasteiger partial charge in [0.05, 0.1) is 5.02 Å². The van der Waals surface area contributed by atoms with E-state index < -0.39 is 11.8 Å². The van der Waals surface area contributed by atoms with E-state index in [2.05, 4.69) is 4.98 Å². The van der Waals surface area contributed by atoms with Gasteiger partial charge >= 0.3 is 0 Å². The first-order valence-electron chi connectivity index (χ1n) is 4.24. The fourth-order valence-electron chi connectivity index (χ4n) is 1.28. The minimum absolute atomic E-state index is 0.196. The smallest absolute Gasteiger partial charge is 0.220 e. The molecule has 0 fully saturated rings. The Labute approximate surface area is 90.3 Å². The zero-order valence-electron chi connectivity index (χ0n) is 7.55. The summed E-state index contributed by atoms with van der Waals surface area (Å²) in [5.41, 5.74) is 0.615. The number of pyridine rings is 1. The predicted molar refractivity (Wildman–Crippen MR) is 54.6 cm³/mol. The van der Waals surface area contributed by atoms with Gasteiger partial charge in [0.25, 0.3) is 0 Å². The van der Waals surface area contributed by atoms with Crippen molar-refractivity contribution in [3.05, 3.63) is 53.3 Å². The zero-order valence-corrected chi connectivity index (χ0v) is 8.30. The van der Waals surface area contributed by atoms with Crippen molar-refractivity contribution in [2.75, 3.05) is 0 Å². The van der Waals surface area contributed by atoms with Crippen LogP contribution in [0.3, 0.4) is 0 Å². The summed E-state index contributed by atoms with van der Waals surface area (Å²) in [6.07, 6.45) is 1.21. The normalized spacial score (nSPS) is 10.3. The number of rotatable bonds is 1. The summed E-state index contributed by atoms with van der Waals surface area (Å²) in [7, 11) is 0. The molecule has 1 heterocycles. The first-order valence-corrected chi connectivity index (χ1v) is 4.61. The maximum atomic E-state index is 13.3. The van der Waals surface area contributed by atoms with Crippen LogP contribution in [0.1, 0.15) is 0 Å². The third kappa shape index (κ3) is 2.13. The lowest BCUT2D eigenvalue weighted by molar-refractivity contribution is 0.587. The maximum Gasteiger partial charge on any atom is 0.220 e. The fraction of sp³-hybridized carbons (Fsp3) is 0. The molecule has 0 saturated carbocycles. The Balaban J connectivity index is 2.58. The number of hydrogen-bond donors (Lipinski definition) is 0. The van der Waals surface area contributed by atoms with Gasteiger partial charge in [-0.3, -0.25) is 0 Å². The minimum Gasteiger partial charge on any atom is -0.226 e. The molecule has 2 rings (SSSR count). The van der Waals surface area contributed by atoms with Crippen molar-refractivity contribution in [1.29, 1.82) is 0 Å². The Bertz CT molecular complexity index is 500. The molecule has 1 aromatic carbocycles. The van der Waals surface area contributed by atoms with Crippen molar-refractivity contribution >= 4 is 11.6 Å². The van der Waals surface area contributed by atoms with Crippen LogP contribution < -0.4 is 0 Å². The molecule has 0 bridgehead atoms. The fourth-order valence-corrected chi connectivity index (χ4v) is 1.44. The minimum atomic E-state index is -0.662. The molecule has 0 atom stereocenters. The Morgan fingerprint density at radius 2 is 1.93 bits per heavy atom. The molecule has 0 unspecified atom stereocenters. The third-order valence-corrected chi connectivity index (χ3v) is 2.15. The summed E-state index contributed by atoms with van der Waals surface area (Å²) in [5, 5.41) is 0.315. The van der Waals surface area contributed by atoms with E-state index in [1.165, 1.54) is 30.5 Å². The average Bonchev–Trinajstić information content (AvgIpc) is 2.22. The second-order valence-electron chi connectivity index (χ2n) is 3.00. The SMILES string of the molecule is Fc1cccc(-c2cc(Cl)cnc2F)c1. The van der Waals surface area contributed by atoms with E-state index in [9.17, 15) is 8.78 Å². The molecule has 1 aromatic heterocycles. The molecule has 0 aliphatic heterocycles. The Morgan fingerprint density at radius 1 is 1.13 bits per heavy atom. The molecular weight excluding hydrogens is 220 g/mol. The molecule has 0 aliphatic rings.